The number of nitriles is 1. The van der Waals surface area contributed by atoms with Gasteiger partial charge in [0.05, 0.1) is 18.2 Å². The summed E-state index contributed by atoms with van der Waals surface area (Å²) in [5, 5.41) is 16.3. The summed E-state index contributed by atoms with van der Waals surface area (Å²) in [6.07, 6.45) is -0.0445. The molecule has 0 spiro atoms. The first kappa shape index (κ1) is 12.8. The van der Waals surface area contributed by atoms with Crippen LogP contribution in [0.5, 0.6) is 0 Å². The second-order valence-electron chi connectivity index (χ2n) is 3.67. The van der Waals surface area contributed by atoms with Gasteiger partial charge in [-0.05, 0) is 31.2 Å². The van der Waals surface area contributed by atoms with E-state index in [1.54, 1.807) is 31.2 Å². The minimum absolute atomic E-state index is 0.0445. The van der Waals surface area contributed by atoms with Crippen LogP contribution in [0.3, 0.4) is 0 Å². The molecule has 2 rings (SSSR count). The van der Waals surface area contributed by atoms with Crippen molar-refractivity contribution >= 4 is 5.97 Å². The molecule has 0 bridgehead atoms. The fourth-order valence-corrected chi connectivity index (χ4v) is 1.46. The molecule has 0 saturated carbocycles. The Kier molecular flexibility index (Phi) is 3.88. The molecule has 1 aromatic carbocycles. The highest BCUT2D eigenvalue weighted by Gasteiger charge is 2.12. The molecule has 0 aliphatic heterocycles. The number of benzene rings is 1. The first-order valence-electron chi connectivity index (χ1n) is 5.71. The molecule has 19 heavy (non-hydrogen) atoms. The Morgan fingerprint density at radius 2 is 2.11 bits per heavy atom. The molecule has 0 fully saturated rings. The van der Waals surface area contributed by atoms with E-state index >= 15 is 0 Å². The molecule has 2 aromatic rings. The molecule has 0 amide bonds. The molecule has 1 aromatic heterocycles. The van der Waals surface area contributed by atoms with Crippen molar-refractivity contribution in [2.45, 2.75) is 13.3 Å². The molecule has 6 nitrogen and oxygen atoms in total. The maximum atomic E-state index is 11.3. The Labute approximate surface area is 109 Å². The van der Waals surface area contributed by atoms with E-state index in [-0.39, 0.29) is 12.3 Å². The molecule has 0 unspecified atom stereocenters. The molecular formula is C13H11N3O3. The van der Waals surface area contributed by atoms with Crippen LogP contribution in [-0.2, 0) is 16.0 Å². The fourth-order valence-electron chi connectivity index (χ4n) is 1.46. The predicted molar refractivity (Wildman–Crippen MR) is 64.8 cm³/mol. The summed E-state index contributed by atoms with van der Waals surface area (Å²) in [5.74, 6) is 0.110. The predicted octanol–water partition coefficient (Wildman–Crippen LogP) is 1.71. The van der Waals surface area contributed by atoms with Crippen molar-refractivity contribution in [3.8, 4) is 17.5 Å². The number of hydrogen-bond acceptors (Lipinski definition) is 6. The van der Waals surface area contributed by atoms with Crippen molar-refractivity contribution in [2.24, 2.45) is 0 Å². The number of nitrogens with zero attached hydrogens (tertiary/aromatic N) is 3. The summed E-state index contributed by atoms with van der Waals surface area (Å²) >= 11 is 0. The molecule has 0 saturated heterocycles. The molecule has 0 aliphatic carbocycles. The number of carbonyl (C=O) groups excluding carboxylic acids is 1. The van der Waals surface area contributed by atoms with Gasteiger partial charge in [-0.25, -0.2) is 0 Å². The van der Waals surface area contributed by atoms with Crippen molar-refractivity contribution < 1.29 is 13.9 Å². The number of ether oxygens (including phenoxy) is 1. The average molecular weight is 257 g/mol. The van der Waals surface area contributed by atoms with Gasteiger partial charge in [-0.3, -0.25) is 4.79 Å². The third-order valence-electron chi connectivity index (χ3n) is 2.33. The Bertz CT molecular complexity index is 611. The molecule has 0 radical (unpaired) electrons. The standard InChI is InChI=1S/C13H11N3O3/c1-2-18-12(17)7-11-15-16-13(19-11)10-5-3-9(8-14)4-6-10/h3-6H,2,7H2,1H3. The van der Waals surface area contributed by atoms with Crippen molar-refractivity contribution in [3.05, 3.63) is 35.7 Å². The number of esters is 1. The molecule has 96 valence electrons. The third-order valence-corrected chi connectivity index (χ3v) is 2.33. The Balaban J connectivity index is 2.12. The third kappa shape index (κ3) is 3.16. The van der Waals surface area contributed by atoms with Gasteiger partial charge >= 0.3 is 5.97 Å². The molecule has 1 heterocycles. The zero-order chi connectivity index (χ0) is 13.7. The zero-order valence-electron chi connectivity index (χ0n) is 10.3. The zero-order valence-corrected chi connectivity index (χ0v) is 10.3. The van der Waals surface area contributed by atoms with Gasteiger partial charge in [0, 0.05) is 5.56 Å². The molecule has 0 atom stereocenters. The van der Waals surface area contributed by atoms with E-state index in [1.165, 1.54) is 0 Å². The largest absolute Gasteiger partial charge is 0.466 e. The van der Waals surface area contributed by atoms with Crippen molar-refractivity contribution in [3.63, 3.8) is 0 Å². The Morgan fingerprint density at radius 3 is 2.74 bits per heavy atom. The first-order chi connectivity index (χ1) is 9.22. The highest BCUT2D eigenvalue weighted by Crippen LogP contribution is 2.18. The van der Waals surface area contributed by atoms with Crippen LogP contribution in [0.15, 0.2) is 28.7 Å². The van der Waals surface area contributed by atoms with E-state index < -0.39 is 5.97 Å². The van der Waals surface area contributed by atoms with E-state index in [9.17, 15) is 4.79 Å². The lowest BCUT2D eigenvalue weighted by atomic mass is 10.1. The lowest BCUT2D eigenvalue weighted by molar-refractivity contribution is -0.142. The first-order valence-corrected chi connectivity index (χ1v) is 5.71. The summed E-state index contributed by atoms with van der Waals surface area (Å²) < 4.78 is 10.1. The van der Waals surface area contributed by atoms with Crippen LogP contribution in [0.4, 0.5) is 0 Å². The summed E-state index contributed by atoms with van der Waals surface area (Å²) in [7, 11) is 0. The van der Waals surface area contributed by atoms with Gasteiger partial charge in [-0.15, -0.1) is 10.2 Å². The number of hydrogen-bond donors (Lipinski definition) is 0. The summed E-state index contributed by atoms with van der Waals surface area (Å²) in [6, 6.07) is 8.75. The van der Waals surface area contributed by atoms with Crippen molar-refractivity contribution in [1.29, 1.82) is 5.26 Å². The van der Waals surface area contributed by atoms with Crippen LogP contribution >= 0.6 is 0 Å². The second kappa shape index (κ2) is 5.78. The smallest absolute Gasteiger partial charge is 0.315 e. The number of carbonyl (C=O) groups is 1. The lowest BCUT2D eigenvalue weighted by Crippen LogP contribution is -2.07. The summed E-state index contributed by atoms with van der Waals surface area (Å²) in [5.41, 5.74) is 1.25. The maximum Gasteiger partial charge on any atom is 0.315 e. The van der Waals surface area contributed by atoms with Crippen LogP contribution < -0.4 is 0 Å². The molecule has 0 N–H and O–H groups in total. The van der Waals surface area contributed by atoms with Crippen molar-refractivity contribution in [2.75, 3.05) is 6.61 Å². The molecular weight excluding hydrogens is 246 g/mol. The minimum atomic E-state index is -0.405. The maximum absolute atomic E-state index is 11.3. The topological polar surface area (TPSA) is 89.0 Å². The molecule has 0 aliphatic rings. The van der Waals surface area contributed by atoms with Crippen LogP contribution in [0, 0.1) is 11.3 Å². The normalized spacial score (nSPS) is 9.89. The van der Waals surface area contributed by atoms with E-state index in [4.69, 9.17) is 14.4 Å². The SMILES string of the molecule is CCOC(=O)Cc1nnc(-c2ccc(C#N)cc2)o1. The van der Waals surface area contributed by atoms with Gasteiger partial charge in [-0.1, -0.05) is 0 Å². The fraction of sp³-hybridized carbons (Fsp3) is 0.231. The van der Waals surface area contributed by atoms with Gasteiger partial charge < -0.3 is 9.15 Å². The number of aromatic nitrogens is 2. The minimum Gasteiger partial charge on any atom is -0.466 e. The highest BCUT2D eigenvalue weighted by atomic mass is 16.5. The second-order valence-corrected chi connectivity index (χ2v) is 3.67. The monoisotopic (exact) mass is 257 g/mol. The number of rotatable bonds is 4. The van der Waals surface area contributed by atoms with Crippen LogP contribution in [0.1, 0.15) is 18.4 Å². The Hall–Kier alpha value is -2.68. The summed E-state index contributed by atoms with van der Waals surface area (Å²) in [4.78, 5) is 11.3. The Morgan fingerprint density at radius 1 is 1.37 bits per heavy atom. The van der Waals surface area contributed by atoms with Gasteiger partial charge in [0.15, 0.2) is 0 Å². The van der Waals surface area contributed by atoms with Crippen LogP contribution in [-0.4, -0.2) is 22.8 Å². The van der Waals surface area contributed by atoms with E-state index in [1.807, 2.05) is 6.07 Å². The van der Waals surface area contributed by atoms with Crippen molar-refractivity contribution in [1.82, 2.24) is 10.2 Å². The van der Waals surface area contributed by atoms with Gasteiger partial charge in [0.2, 0.25) is 11.8 Å². The highest BCUT2D eigenvalue weighted by molar-refractivity contribution is 5.71. The van der Waals surface area contributed by atoms with Gasteiger partial charge in [0.25, 0.3) is 0 Å². The van der Waals surface area contributed by atoms with Gasteiger partial charge in [-0.2, -0.15) is 5.26 Å². The lowest BCUT2D eigenvalue weighted by Gasteiger charge is -1.97. The molecule has 6 heteroatoms. The van der Waals surface area contributed by atoms with Crippen LogP contribution in [0.2, 0.25) is 0 Å². The van der Waals surface area contributed by atoms with Gasteiger partial charge in [0.1, 0.15) is 6.42 Å². The average Bonchev–Trinajstić information content (AvgIpc) is 2.87. The van der Waals surface area contributed by atoms with Crippen LogP contribution in [0.25, 0.3) is 11.5 Å². The van der Waals surface area contributed by atoms with E-state index in [2.05, 4.69) is 10.2 Å². The van der Waals surface area contributed by atoms with E-state index in [0.717, 1.165) is 0 Å². The van der Waals surface area contributed by atoms with E-state index in [0.29, 0.717) is 23.6 Å². The summed E-state index contributed by atoms with van der Waals surface area (Å²) in [6.45, 7) is 2.04. The quantitative estimate of drug-likeness (QED) is 0.774.